The Morgan fingerprint density at radius 3 is 1.83 bits per heavy atom. The van der Waals surface area contributed by atoms with Crippen LogP contribution in [0.1, 0.15) is 91.4 Å². The molecule has 24 heavy (non-hydrogen) atoms. The highest BCUT2D eigenvalue weighted by Crippen LogP contribution is 2.10. The predicted octanol–water partition coefficient (Wildman–Crippen LogP) is 3.86. The maximum absolute atomic E-state index is 12.0. The summed E-state index contributed by atoms with van der Waals surface area (Å²) in [5.74, 6) is -1.17. The van der Waals surface area contributed by atoms with Gasteiger partial charge in [0.15, 0.2) is 0 Å². The Morgan fingerprint density at radius 1 is 0.875 bits per heavy atom. The second-order valence-corrected chi connectivity index (χ2v) is 6.95. The number of hydrogen-bond acceptors (Lipinski definition) is 3. The minimum absolute atomic E-state index is 0.0212. The lowest BCUT2D eigenvalue weighted by Gasteiger charge is -2.18. The van der Waals surface area contributed by atoms with E-state index in [-0.39, 0.29) is 18.4 Å². The molecule has 0 heterocycles. The van der Waals surface area contributed by atoms with Gasteiger partial charge in [-0.2, -0.15) is 0 Å². The monoisotopic (exact) mass is 342 g/mol. The molecule has 0 rings (SSSR count). The topological polar surface area (TPSA) is 78.4 Å². The van der Waals surface area contributed by atoms with Crippen molar-refractivity contribution >= 4 is 11.9 Å². The second-order valence-electron chi connectivity index (χ2n) is 6.95. The SMILES string of the molecule is CCCCCCCCCCCCNC(CC(=O)O)C(=O)NC(C)C. The summed E-state index contributed by atoms with van der Waals surface area (Å²) in [6.07, 6.45) is 12.5. The fourth-order valence-corrected chi connectivity index (χ4v) is 2.71. The average molecular weight is 343 g/mol. The molecule has 0 fully saturated rings. The van der Waals surface area contributed by atoms with Gasteiger partial charge in [0.25, 0.3) is 0 Å². The van der Waals surface area contributed by atoms with Gasteiger partial charge in [-0.05, 0) is 26.8 Å². The van der Waals surface area contributed by atoms with Crippen LogP contribution in [0.2, 0.25) is 0 Å². The Balaban J connectivity index is 3.69. The summed E-state index contributed by atoms with van der Waals surface area (Å²) in [5.41, 5.74) is 0. The number of aliphatic carboxylic acids is 1. The number of rotatable bonds is 16. The van der Waals surface area contributed by atoms with Gasteiger partial charge in [-0.15, -0.1) is 0 Å². The van der Waals surface area contributed by atoms with Gasteiger partial charge in [-0.25, -0.2) is 0 Å². The number of carboxylic acids is 1. The van der Waals surface area contributed by atoms with E-state index in [4.69, 9.17) is 5.11 Å². The standard InChI is InChI=1S/C19H38N2O3/c1-4-5-6-7-8-9-10-11-12-13-14-20-17(15-18(22)23)19(24)21-16(2)3/h16-17,20H,4-15H2,1-3H3,(H,21,24)(H,22,23). The van der Waals surface area contributed by atoms with Crippen LogP contribution in [-0.4, -0.2) is 35.6 Å². The maximum atomic E-state index is 12.0. The van der Waals surface area contributed by atoms with Gasteiger partial charge in [0.1, 0.15) is 0 Å². The van der Waals surface area contributed by atoms with Gasteiger partial charge in [-0.3, -0.25) is 9.59 Å². The quantitative estimate of drug-likeness (QED) is 0.372. The molecule has 1 atom stereocenters. The van der Waals surface area contributed by atoms with E-state index >= 15 is 0 Å². The van der Waals surface area contributed by atoms with Crippen LogP contribution in [0.25, 0.3) is 0 Å². The largest absolute Gasteiger partial charge is 0.481 e. The van der Waals surface area contributed by atoms with Crippen LogP contribution < -0.4 is 10.6 Å². The molecule has 0 aliphatic heterocycles. The van der Waals surface area contributed by atoms with Gasteiger partial charge >= 0.3 is 5.97 Å². The van der Waals surface area contributed by atoms with Crippen LogP contribution in [0.4, 0.5) is 0 Å². The molecule has 0 aliphatic carbocycles. The van der Waals surface area contributed by atoms with Crippen molar-refractivity contribution < 1.29 is 14.7 Å². The lowest BCUT2D eigenvalue weighted by Crippen LogP contribution is -2.47. The van der Waals surface area contributed by atoms with Crippen molar-refractivity contribution in [2.45, 2.75) is 103 Å². The molecule has 5 nitrogen and oxygen atoms in total. The predicted molar refractivity (Wildman–Crippen MR) is 99.2 cm³/mol. The first-order valence-electron chi connectivity index (χ1n) is 9.73. The summed E-state index contributed by atoms with van der Waals surface area (Å²) in [6, 6.07) is -0.614. The zero-order valence-electron chi connectivity index (χ0n) is 15.9. The fourth-order valence-electron chi connectivity index (χ4n) is 2.71. The van der Waals surface area contributed by atoms with E-state index in [1.54, 1.807) is 0 Å². The molecule has 0 spiro atoms. The summed E-state index contributed by atoms with van der Waals surface area (Å²) in [5, 5.41) is 14.8. The highest BCUT2D eigenvalue weighted by molar-refractivity contribution is 5.86. The first-order chi connectivity index (χ1) is 11.5. The summed E-state index contributed by atoms with van der Waals surface area (Å²) in [6.45, 7) is 6.68. The average Bonchev–Trinajstić information content (AvgIpc) is 2.50. The van der Waals surface area contributed by atoms with Crippen LogP contribution in [-0.2, 0) is 9.59 Å². The second kappa shape index (κ2) is 15.4. The van der Waals surface area contributed by atoms with Crippen LogP contribution in [0.15, 0.2) is 0 Å². The number of amides is 1. The third-order valence-electron chi connectivity index (χ3n) is 4.05. The van der Waals surface area contributed by atoms with Crippen molar-refractivity contribution in [3.63, 3.8) is 0 Å². The third kappa shape index (κ3) is 14.5. The first kappa shape index (κ1) is 22.9. The van der Waals surface area contributed by atoms with Gasteiger partial charge in [0.2, 0.25) is 5.91 Å². The summed E-state index contributed by atoms with van der Waals surface area (Å²) in [4.78, 5) is 22.8. The van der Waals surface area contributed by atoms with Gasteiger partial charge in [0, 0.05) is 6.04 Å². The van der Waals surface area contributed by atoms with Crippen molar-refractivity contribution in [1.82, 2.24) is 10.6 Å². The molecule has 0 aromatic carbocycles. The van der Waals surface area contributed by atoms with Gasteiger partial charge in [0.05, 0.1) is 12.5 Å². The molecule has 0 aromatic heterocycles. The Kier molecular flexibility index (Phi) is 14.7. The van der Waals surface area contributed by atoms with Crippen LogP contribution >= 0.6 is 0 Å². The van der Waals surface area contributed by atoms with Crippen molar-refractivity contribution in [2.75, 3.05) is 6.54 Å². The number of hydrogen-bond donors (Lipinski definition) is 3. The molecular formula is C19H38N2O3. The van der Waals surface area contributed by atoms with Crippen molar-refractivity contribution in [1.29, 1.82) is 0 Å². The molecule has 0 saturated carbocycles. The van der Waals surface area contributed by atoms with E-state index in [9.17, 15) is 9.59 Å². The van der Waals surface area contributed by atoms with E-state index in [1.165, 1.54) is 51.4 Å². The number of carbonyl (C=O) groups excluding carboxylic acids is 1. The summed E-state index contributed by atoms with van der Waals surface area (Å²) >= 11 is 0. The molecule has 5 heteroatoms. The fraction of sp³-hybridized carbons (Fsp3) is 0.895. The Labute approximate surface area is 148 Å². The third-order valence-corrected chi connectivity index (χ3v) is 4.05. The number of unbranched alkanes of at least 4 members (excludes halogenated alkanes) is 9. The molecule has 0 bridgehead atoms. The normalized spacial score (nSPS) is 12.3. The summed E-state index contributed by atoms with van der Waals surface area (Å²) in [7, 11) is 0. The van der Waals surface area contributed by atoms with Crippen LogP contribution in [0.3, 0.4) is 0 Å². The molecule has 1 amide bonds. The molecule has 1 unspecified atom stereocenters. The number of carboxylic acid groups (broad SMARTS) is 1. The van der Waals surface area contributed by atoms with Crippen LogP contribution in [0.5, 0.6) is 0 Å². The Bertz CT molecular complexity index is 333. The minimum atomic E-state index is -0.950. The van der Waals surface area contributed by atoms with Gasteiger partial charge in [-0.1, -0.05) is 64.7 Å². The van der Waals surface area contributed by atoms with E-state index in [2.05, 4.69) is 17.6 Å². The molecule has 0 radical (unpaired) electrons. The minimum Gasteiger partial charge on any atom is -0.481 e. The molecular weight excluding hydrogens is 304 g/mol. The van der Waals surface area contributed by atoms with Gasteiger partial charge < -0.3 is 15.7 Å². The highest BCUT2D eigenvalue weighted by Gasteiger charge is 2.21. The molecule has 0 saturated heterocycles. The highest BCUT2D eigenvalue weighted by atomic mass is 16.4. The van der Waals surface area contributed by atoms with E-state index in [0.29, 0.717) is 6.54 Å². The first-order valence-corrected chi connectivity index (χ1v) is 9.73. The summed E-state index contributed by atoms with van der Waals surface area (Å²) < 4.78 is 0. The lowest BCUT2D eigenvalue weighted by molar-refractivity contribution is -0.140. The zero-order chi connectivity index (χ0) is 18.2. The Hall–Kier alpha value is -1.10. The van der Waals surface area contributed by atoms with Crippen molar-refractivity contribution in [3.05, 3.63) is 0 Å². The lowest BCUT2D eigenvalue weighted by atomic mass is 10.1. The zero-order valence-corrected chi connectivity index (χ0v) is 15.9. The number of nitrogens with one attached hydrogen (secondary N) is 2. The molecule has 3 N–H and O–H groups in total. The number of carbonyl (C=O) groups is 2. The molecule has 142 valence electrons. The maximum Gasteiger partial charge on any atom is 0.305 e. The smallest absolute Gasteiger partial charge is 0.305 e. The molecule has 0 aromatic rings. The van der Waals surface area contributed by atoms with Crippen molar-refractivity contribution in [2.24, 2.45) is 0 Å². The van der Waals surface area contributed by atoms with E-state index < -0.39 is 12.0 Å². The van der Waals surface area contributed by atoms with Crippen LogP contribution in [0, 0.1) is 0 Å². The van der Waals surface area contributed by atoms with Crippen molar-refractivity contribution in [3.8, 4) is 0 Å². The Morgan fingerprint density at radius 2 is 1.38 bits per heavy atom. The van der Waals surface area contributed by atoms with E-state index in [1.807, 2.05) is 13.8 Å². The molecule has 0 aliphatic rings. The van der Waals surface area contributed by atoms with E-state index in [0.717, 1.165) is 12.8 Å².